The Hall–Kier alpha value is -0.820. The van der Waals surface area contributed by atoms with Crippen LogP contribution in [0.15, 0.2) is 24.3 Å². The minimum absolute atomic E-state index is 0.808. The van der Waals surface area contributed by atoms with Crippen molar-refractivity contribution in [3.8, 4) is 0 Å². The number of aryl methyl sites for hydroxylation is 1. The Morgan fingerprint density at radius 1 is 1.06 bits per heavy atom. The molecule has 2 aliphatic carbocycles. The van der Waals surface area contributed by atoms with Gasteiger partial charge in [-0.3, -0.25) is 0 Å². The number of rotatable bonds is 5. The molecule has 1 N–H and O–H groups in total. The van der Waals surface area contributed by atoms with Gasteiger partial charge in [-0.1, -0.05) is 37.6 Å². The van der Waals surface area contributed by atoms with Gasteiger partial charge in [0.1, 0.15) is 0 Å². The van der Waals surface area contributed by atoms with Gasteiger partial charge in [0.15, 0.2) is 0 Å². The predicted molar refractivity (Wildman–Crippen MR) is 76.9 cm³/mol. The Balaban J connectivity index is 1.64. The summed E-state index contributed by atoms with van der Waals surface area (Å²) in [5.41, 5.74) is 3.04. The minimum atomic E-state index is 0.808. The number of benzene rings is 1. The first kappa shape index (κ1) is 12.2. The van der Waals surface area contributed by atoms with E-state index in [2.05, 4.69) is 36.5 Å². The standard InChI is InChI=1S/C17H25N/c1-2-13-6-8-14(9-7-13)17-5-3-4-15(17)12-18-16-10-11-16/h6-9,15-18H,2-5,10-12H2,1H3. The summed E-state index contributed by atoms with van der Waals surface area (Å²) in [5, 5.41) is 3.72. The van der Waals surface area contributed by atoms with Crippen LogP contribution in [-0.4, -0.2) is 12.6 Å². The van der Waals surface area contributed by atoms with Crippen LogP contribution >= 0.6 is 0 Å². The molecular formula is C17H25N. The third-order valence-corrected chi connectivity index (χ3v) is 4.72. The van der Waals surface area contributed by atoms with Crippen LogP contribution in [0.1, 0.15) is 56.1 Å². The average molecular weight is 243 g/mol. The third-order valence-electron chi connectivity index (χ3n) is 4.72. The molecule has 0 radical (unpaired) electrons. The van der Waals surface area contributed by atoms with Crippen molar-refractivity contribution in [2.24, 2.45) is 5.92 Å². The fourth-order valence-corrected chi connectivity index (χ4v) is 3.33. The number of hydrogen-bond donors (Lipinski definition) is 1. The van der Waals surface area contributed by atoms with E-state index in [1.807, 2.05) is 0 Å². The summed E-state index contributed by atoms with van der Waals surface area (Å²) in [6, 6.07) is 10.2. The fourth-order valence-electron chi connectivity index (χ4n) is 3.33. The first-order chi connectivity index (χ1) is 8.86. The van der Waals surface area contributed by atoms with E-state index in [0.29, 0.717) is 0 Å². The highest BCUT2D eigenvalue weighted by Crippen LogP contribution is 2.39. The van der Waals surface area contributed by atoms with Crippen LogP contribution in [0.5, 0.6) is 0 Å². The van der Waals surface area contributed by atoms with Crippen molar-refractivity contribution >= 4 is 0 Å². The van der Waals surface area contributed by atoms with Gasteiger partial charge in [-0.2, -0.15) is 0 Å². The zero-order valence-electron chi connectivity index (χ0n) is 11.5. The lowest BCUT2D eigenvalue weighted by molar-refractivity contribution is 0.442. The lowest BCUT2D eigenvalue weighted by Crippen LogP contribution is -2.26. The van der Waals surface area contributed by atoms with Gasteiger partial charge in [-0.05, 0) is 61.6 Å². The Kier molecular flexibility index (Phi) is 3.69. The summed E-state index contributed by atoms with van der Waals surface area (Å²) in [7, 11) is 0. The molecule has 0 bridgehead atoms. The second-order valence-corrected chi connectivity index (χ2v) is 6.08. The average Bonchev–Trinajstić information content (AvgIpc) is 3.14. The summed E-state index contributed by atoms with van der Waals surface area (Å²) in [6.07, 6.45) is 8.18. The second-order valence-electron chi connectivity index (χ2n) is 6.08. The van der Waals surface area contributed by atoms with Gasteiger partial charge < -0.3 is 5.32 Å². The first-order valence-corrected chi connectivity index (χ1v) is 7.69. The molecule has 18 heavy (non-hydrogen) atoms. The van der Waals surface area contributed by atoms with Crippen molar-refractivity contribution in [3.05, 3.63) is 35.4 Å². The van der Waals surface area contributed by atoms with Gasteiger partial charge in [0.25, 0.3) is 0 Å². The Bertz CT molecular complexity index is 377. The lowest BCUT2D eigenvalue weighted by atomic mass is 9.88. The van der Waals surface area contributed by atoms with Crippen molar-refractivity contribution in [1.82, 2.24) is 5.32 Å². The van der Waals surface area contributed by atoms with Gasteiger partial charge >= 0.3 is 0 Å². The monoisotopic (exact) mass is 243 g/mol. The Labute approximate surface area is 111 Å². The van der Waals surface area contributed by atoms with Gasteiger partial charge in [-0.25, -0.2) is 0 Å². The Morgan fingerprint density at radius 2 is 1.83 bits per heavy atom. The highest BCUT2D eigenvalue weighted by atomic mass is 14.9. The molecular weight excluding hydrogens is 218 g/mol. The van der Waals surface area contributed by atoms with Crippen LogP contribution in [-0.2, 0) is 6.42 Å². The molecule has 2 aliphatic rings. The van der Waals surface area contributed by atoms with E-state index in [0.717, 1.165) is 24.3 Å². The van der Waals surface area contributed by atoms with E-state index < -0.39 is 0 Å². The molecule has 2 unspecified atom stereocenters. The van der Waals surface area contributed by atoms with E-state index in [4.69, 9.17) is 0 Å². The van der Waals surface area contributed by atoms with E-state index >= 15 is 0 Å². The molecule has 2 atom stereocenters. The van der Waals surface area contributed by atoms with Crippen LogP contribution in [0.3, 0.4) is 0 Å². The van der Waals surface area contributed by atoms with Crippen LogP contribution < -0.4 is 5.32 Å². The largest absolute Gasteiger partial charge is 0.314 e. The van der Waals surface area contributed by atoms with Crippen molar-refractivity contribution in [2.75, 3.05) is 6.54 Å². The van der Waals surface area contributed by atoms with Crippen molar-refractivity contribution in [3.63, 3.8) is 0 Å². The molecule has 1 aromatic carbocycles. The summed E-state index contributed by atoms with van der Waals surface area (Å²) in [5.74, 6) is 1.68. The minimum Gasteiger partial charge on any atom is -0.314 e. The summed E-state index contributed by atoms with van der Waals surface area (Å²) in [4.78, 5) is 0. The van der Waals surface area contributed by atoms with E-state index in [1.165, 1.54) is 44.2 Å². The smallest absolute Gasteiger partial charge is 0.00683 e. The molecule has 1 aromatic rings. The maximum absolute atomic E-state index is 3.72. The maximum atomic E-state index is 3.72. The van der Waals surface area contributed by atoms with Gasteiger partial charge in [-0.15, -0.1) is 0 Å². The molecule has 0 aromatic heterocycles. The molecule has 0 aliphatic heterocycles. The molecule has 0 spiro atoms. The zero-order valence-corrected chi connectivity index (χ0v) is 11.5. The predicted octanol–water partition coefficient (Wildman–Crippen LogP) is 3.88. The topological polar surface area (TPSA) is 12.0 Å². The number of nitrogens with one attached hydrogen (secondary N) is 1. The quantitative estimate of drug-likeness (QED) is 0.827. The van der Waals surface area contributed by atoms with Gasteiger partial charge in [0, 0.05) is 6.04 Å². The van der Waals surface area contributed by atoms with Gasteiger partial charge in [0.2, 0.25) is 0 Å². The molecule has 1 nitrogen and oxygen atoms in total. The summed E-state index contributed by atoms with van der Waals surface area (Å²) >= 11 is 0. The van der Waals surface area contributed by atoms with Crippen molar-refractivity contribution in [1.29, 1.82) is 0 Å². The zero-order chi connectivity index (χ0) is 12.4. The SMILES string of the molecule is CCc1ccc(C2CCCC2CNC2CC2)cc1. The van der Waals surface area contributed by atoms with E-state index in [-0.39, 0.29) is 0 Å². The van der Waals surface area contributed by atoms with Crippen LogP contribution in [0, 0.1) is 5.92 Å². The van der Waals surface area contributed by atoms with Crippen LogP contribution in [0.4, 0.5) is 0 Å². The van der Waals surface area contributed by atoms with Crippen LogP contribution in [0.2, 0.25) is 0 Å². The number of hydrogen-bond acceptors (Lipinski definition) is 1. The molecule has 98 valence electrons. The van der Waals surface area contributed by atoms with Gasteiger partial charge in [0.05, 0.1) is 0 Å². The fraction of sp³-hybridized carbons (Fsp3) is 0.647. The lowest BCUT2D eigenvalue weighted by Gasteiger charge is -2.20. The molecule has 2 saturated carbocycles. The molecule has 0 amide bonds. The molecule has 0 heterocycles. The highest BCUT2D eigenvalue weighted by molar-refractivity contribution is 5.26. The molecule has 0 saturated heterocycles. The van der Waals surface area contributed by atoms with E-state index in [9.17, 15) is 0 Å². The van der Waals surface area contributed by atoms with E-state index in [1.54, 1.807) is 5.56 Å². The van der Waals surface area contributed by atoms with Crippen molar-refractivity contribution in [2.45, 2.75) is 57.4 Å². The normalized spacial score (nSPS) is 27.6. The molecule has 3 rings (SSSR count). The summed E-state index contributed by atoms with van der Waals surface area (Å²) in [6.45, 7) is 3.47. The Morgan fingerprint density at radius 3 is 2.50 bits per heavy atom. The van der Waals surface area contributed by atoms with Crippen LogP contribution in [0.25, 0.3) is 0 Å². The maximum Gasteiger partial charge on any atom is 0.00683 e. The first-order valence-electron chi connectivity index (χ1n) is 7.69. The highest BCUT2D eigenvalue weighted by Gasteiger charge is 2.30. The molecule has 2 fully saturated rings. The molecule has 1 heteroatoms. The third kappa shape index (κ3) is 2.77. The van der Waals surface area contributed by atoms with Crippen molar-refractivity contribution < 1.29 is 0 Å². The summed E-state index contributed by atoms with van der Waals surface area (Å²) < 4.78 is 0. The second kappa shape index (κ2) is 5.44.